The van der Waals surface area contributed by atoms with Crippen LogP contribution in [0.25, 0.3) is 11.4 Å². The number of nitriles is 1. The monoisotopic (exact) mass is 424 g/mol. The molecular formula is C22H25ClN6O. The average molecular weight is 425 g/mol. The number of rotatable bonds is 5. The summed E-state index contributed by atoms with van der Waals surface area (Å²) in [4.78, 5) is 24.0. The van der Waals surface area contributed by atoms with Gasteiger partial charge in [-0.15, -0.1) is 0 Å². The number of piperidine rings is 1. The molecule has 1 amide bonds. The van der Waals surface area contributed by atoms with Crippen molar-refractivity contribution < 1.29 is 4.79 Å². The van der Waals surface area contributed by atoms with Gasteiger partial charge < -0.3 is 16.0 Å². The van der Waals surface area contributed by atoms with Gasteiger partial charge in [0.2, 0.25) is 5.91 Å². The first-order valence-electron chi connectivity index (χ1n) is 10.2. The molecule has 2 heterocycles. The minimum atomic E-state index is -0.850. The van der Waals surface area contributed by atoms with Crippen molar-refractivity contribution in [2.45, 2.75) is 45.2 Å². The summed E-state index contributed by atoms with van der Waals surface area (Å²) in [6, 6.07) is 8.11. The molecule has 1 aliphatic heterocycles. The van der Waals surface area contributed by atoms with Crippen LogP contribution in [0.1, 0.15) is 36.8 Å². The van der Waals surface area contributed by atoms with Gasteiger partial charge in [0.15, 0.2) is 5.82 Å². The van der Waals surface area contributed by atoms with Crippen molar-refractivity contribution in [2.75, 3.05) is 18.0 Å². The fraction of sp³-hybridized carbons (Fsp3) is 0.455. The smallest absolute Gasteiger partial charge is 0.240 e. The second-order valence-corrected chi connectivity index (χ2v) is 8.61. The maximum absolute atomic E-state index is 12.4. The molecule has 4 rings (SSSR count). The molecule has 156 valence electrons. The van der Waals surface area contributed by atoms with Crippen LogP contribution in [0.2, 0.25) is 5.02 Å². The maximum atomic E-state index is 12.4. The van der Waals surface area contributed by atoms with E-state index in [1.54, 1.807) is 6.20 Å². The molecule has 0 unspecified atom stereocenters. The number of nitrogens with zero attached hydrogens (tertiary/aromatic N) is 4. The number of halogens is 1. The summed E-state index contributed by atoms with van der Waals surface area (Å²) in [5.41, 5.74) is 7.89. The van der Waals surface area contributed by atoms with Crippen molar-refractivity contribution >= 4 is 23.3 Å². The highest BCUT2D eigenvalue weighted by Crippen LogP contribution is 2.45. The van der Waals surface area contributed by atoms with E-state index in [9.17, 15) is 10.1 Å². The number of carbonyl (C=O) groups is 1. The number of aromatic nitrogens is 2. The highest BCUT2D eigenvalue weighted by atomic mass is 35.5. The molecule has 1 saturated carbocycles. The predicted molar refractivity (Wildman–Crippen MR) is 116 cm³/mol. The largest absolute Gasteiger partial charge is 0.356 e. The minimum Gasteiger partial charge on any atom is -0.356 e. The van der Waals surface area contributed by atoms with Crippen LogP contribution in [0.4, 0.5) is 5.82 Å². The van der Waals surface area contributed by atoms with Gasteiger partial charge in [0.25, 0.3) is 0 Å². The Kier molecular flexibility index (Phi) is 5.63. The summed E-state index contributed by atoms with van der Waals surface area (Å²) >= 11 is 6.29. The second kappa shape index (κ2) is 8.21. The lowest BCUT2D eigenvalue weighted by atomic mass is 10.1. The lowest BCUT2D eigenvalue weighted by Crippen LogP contribution is -2.41. The van der Waals surface area contributed by atoms with E-state index in [-0.39, 0.29) is 18.5 Å². The van der Waals surface area contributed by atoms with Crippen LogP contribution in [-0.2, 0) is 11.3 Å². The van der Waals surface area contributed by atoms with Gasteiger partial charge in [-0.3, -0.25) is 4.79 Å². The molecule has 2 fully saturated rings. The number of nitrogens with one attached hydrogen (secondary N) is 1. The van der Waals surface area contributed by atoms with E-state index in [1.165, 1.54) is 0 Å². The summed E-state index contributed by atoms with van der Waals surface area (Å²) in [7, 11) is 0. The maximum Gasteiger partial charge on any atom is 0.240 e. The zero-order valence-electron chi connectivity index (χ0n) is 17.0. The zero-order valence-corrected chi connectivity index (χ0v) is 17.7. The number of benzene rings is 1. The first-order chi connectivity index (χ1) is 14.4. The zero-order chi connectivity index (χ0) is 21.3. The van der Waals surface area contributed by atoms with E-state index in [1.807, 2.05) is 25.1 Å². The van der Waals surface area contributed by atoms with Crippen LogP contribution >= 0.6 is 11.6 Å². The lowest BCUT2D eigenvalue weighted by molar-refractivity contribution is -0.124. The topological polar surface area (TPSA) is 108 Å². The first-order valence-corrected chi connectivity index (χ1v) is 10.6. The predicted octanol–water partition coefficient (Wildman–Crippen LogP) is 2.95. The summed E-state index contributed by atoms with van der Waals surface area (Å²) in [6.07, 6.45) is 4.77. The molecule has 30 heavy (non-hydrogen) atoms. The number of amides is 1. The standard InChI is InChI=1S/C22H25ClN6O/c1-14-2-3-15(10-18(14)23)19-26-11-16(12-27-21(30)22(13-24)6-7-22)20(28-19)29-8-4-17(25)5-9-29/h2-3,10-11,17H,4-9,12,25H2,1H3,(H,27,30). The van der Waals surface area contributed by atoms with E-state index < -0.39 is 5.41 Å². The first kappa shape index (κ1) is 20.6. The Hall–Kier alpha value is -2.69. The van der Waals surface area contributed by atoms with Crippen molar-refractivity contribution in [2.24, 2.45) is 11.1 Å². The van der Waals surface area contributed by atoms with E-state index in [4.69, 9.17) is 22.3 Å². The van der Waals surface area contributed by atoms with Crippen molar-refractivity contribution in [1.29, 1.82) is 5.26 Å². The van der Waals surface area contributed by atoms with E-state index in [0.717, 1.165) is 48.4 Å². The normalized spacial score (nSPS) is 18.0. The van der Waals surface area contributed by atoms with Crippen LogP contribution in [0.15, 0.2) is 24.4 Å². The van der Waals surface area contributed by atoms with Crippen LogP contribution in [0, 0.1) is 23.7 Å². The lowest BCUT2D eigenvalue weighted by Gasteiger charge is -2.32. The molecule has 0 spiro atoms. The van der Waals surface area contributed by atoms with Gasteiger partial charge in [0.05, 0.1) is 6.07 Å². The van der Waals surface area contributed by atoms with Crippen LogP contribution in [-0.4, -0.2) is 35.0 Å². The molecule has 1 aliphatic carbocycles. The summed E-state index contributed by atoms with van der Waals surface area (Å²) in [6.45, 7) is 3.84. The molecule has 8 heteroatoms. The third-order valence-electron chi connectivity index (χ3n) is 5.95. The van der Waals surface area contributed by atoms with Crippen LogP contribution in [0.5, 0.6) is 0 Å². The molecule has 2 aliphatic rings. The van der Waals surface area contributed by atoms with Crippen molar-refractivity contribution in [1.82, 2.24) is 15.3 Å². The molecule has 7 nitrogen and oxygen atoms in total. The quantitative estimate of drug-likeness (QED) is 0.763. The van der Waals surface area contributed by atoms with Gasteiger partial charge in [-0.05, 0) is 44.2 Å². The SMILES string of the molecule is Cc1ccc(-c2ncc(CNC(=O)C3(C#N)CC3)c(N3CCC(N)CC3)n2)cc1Cl. The third kappa shape index (κ3) is 4.11. The van der Waals surface area contributed by atoms with Crippen molar-refractivity contribution in [3.05, 3.63) is 40.5 Å². The van der Waals surface area contributed by atoms with Gasteiger partial charge in [-0.2, -0.15) is 5.26 Å². The number of hydrogen-bond donors (Lipinski definition) is 2. The third-order valence-corrected chi connectivity index (χ3v) is 6.36. The molecule has 1 saturated heterocycles. The number of carbonyl (C=O) groups excluding carboxylic acids is 1. The van der Waals surface area contributed by atoms with Gasteiger partial charge in [0, 0.05) is 48.0 Å². The number of aryl methyl sites for hydroxylation is 1. The number of nitrogens with two attached hydrogens (primary N) is 1. The average Bonchev–Trinajstić information content (AvgIpc) is 3.56. The number of hydrogen-bond acceptors (Lipinski definition) is 6. The Morgan fingerprint density at radius 3 is 2.77 bits per heavy atom. The summed E-state index contributed by atoms with van der Waals surface area (Å²) in [5.74, 6) is 1.17. The van der Waals surface area contributed by atoms with Gasteiger partial charge in [0.1, 0.15) is 11.2 Å². The van der Waals surface area contributed by atoms with Crippen LogP contribution < -0.4 is 16.0 Å². The molecule has 0 radical (unpaired) electrons. The fourth-order valence-electron chi connectivity index (χ4n) is 3.64. The highest BCUT2D eigenvalue weighted by molar-refractivity contribution is 6.31. The minimum absolute atomic E-state index is 0.201. The van der Waals surface area contributed by atoms with Gasteiger partial charge in [-0.25, -0.2) is 9.97 Å². The fourth-order valence-corrected chi connectivity index (χ4v) is 3.82. The second-order valence-electron chi connectivity index (χ2n) is 8.21. The van der Waals surface area contributed by atoms with Crippen LogP contribution in [0.3, 0.4) is 0 Å². The molecule has 0 bridgehead atoms. The Morgan fingerprint density at radius 2 is 2.13 bits per heavy atom. The Balaban J connectivity index is 1.62. The van der Waals surface area contributed by atoms with E-state index >= 15 is 0 Å². The molecule has 1 aromatic carbocycles. The molecule has 2 aromatic rings. The Labute approximate surface area is 181 Å². The Morgan fingerprint density at radius 1 is 1.40 bits per heavy atom. The highest BCUT2D eigenvalue weighted by Gasteiger charge is 2.50. The molecule has 0 atom stereocenters. The molecule has 3 N–H and O–H groups in total. The van der Waals surface area contributed by atoms with E-state index in [0.29, 0.717) is 23.7 Å². The van der Waals surface area contributed by atoms with Gasteiger partial charge >= 0.3 is 0 Å². The van der Waals surface area contributed by atoms with Crippen molar-refractivity contribution in [3.63, 3.8) is 0 Å². The Bertz CT molecular complexity index is 1010. The molecule has 1 aromatic heterocycles. The summed E-state index contributed by atoms with van der Waals surface area (Å²) < 4.78 is 0. The molecular weight excluding hydrogens is 400 g/mol. The van der Waals surface area contributed by atoms with Gasteiger partial charge in [-0.1, -0.05) is 23.7 Å². The van der Waals surface area contributed by atoms with E-state index in [2.05, 4.69) is 21.3 Å². The number of anilines is 1. The summed E-state index contributed by atoms with van der Waals surface area (Å²) in [5, 5.41) is 12.8. The van der Waals surface area contributed by atoms with Crippen molar-refractivity contribution in [3.8, 4) is 17.5 Å².